The summed E-state index contributed by atoms with van der Waals surface area (Å²) in [5.74, 6) is -0.0785. The van der Waals surface area contributed by atoms with Crippen LogP contribution in [0.4, 0.5) is 5.13 Å². The van der Waals surface area contributed by atoms with Crippen LogP contribution < -0.4 is 4.90 Å². The van der Waals surface area contributed by atoms with Crippen LogP contribution in [-0.2, 0) is 6.54 Å². The van der Waals surface area contributed by atoms with Crippen molar-refractivity contribution in [2.75, 3.05) is 4.90 Å². The molecule has 0 aliphatic rings. The number of fused-ring (bicyclic) bond motifs is 1. The lowest BCUT2D eigenvalue weighted by Crippen LogP contribution is -2.30. The number of aromatic nitrogens is 2. The van der Waals surface area contributed by atoms with Crippen LogP contribution in [-0.4, -0.2) is 15.9 Å². The second kappa shape index (κ2) is 8.73. The number of anilines is 1. The molecular formula is C27H21N3OS. The van der Waals surface area contributed by atoms with Crippen LogP contribution >= 0.6 is 11.3 Å². The van der Waals surface area contributed by atoms with Crippen molar-refractivity contribution in [1.29, 1.82) is 0 Å². The van der Waals surface area contributed by atoms with E-state index in [0.29, 0.717) is 17.2 Å². The highest BCUT2D eigenvalue weighted by atomic mass is 32.1. The maximum Gasteiger partial charge on any atom is 0.260 e. The molecule has 4 nitrogen and oxygen atoms in total. The summed E-state index contributed by atoms with van der Waals surface area (Å²) in [4.78, 5) is 24.4. The van der Waals surface area contributed by atoms with Crippen molar-refractivity contribution < 1.29 is 4.79 Å². The van der Waals surface area contributed by atoms with Gasteiger partial charge < -0.3 is 0 Å². The van der Waals surface area contributed by atoms with E-state index in [2.05, 4.69) is 17.1 Å². The van der Waals surface area contributed by atoms with Crippen LogP contribution in [0.1, 0.15) is 21.5 Å². The number of hydrogen-bond donors (Lipinski definition) is 0. The summed E-state index contributed by atoms with van der Waals surface area (Å²) >= 11 is 1.54. The Morgan fingerprint density at radius 3 is 2.38 bits per heavy atom. The lowest BCUT2D eigenvalue weighted by molar-refractivity contribution is 0.0985. The Hall–Kier alpha value is -3.83. The van der Waals surface area contributed by atoms with E-state index in [1.54, 1.807) is 17.3 Å². The normalized spacial score (nSPS) is 10.9. The quantitative estimate of drug-likeness (QED) is 0.316. The van der Waals surface area contributed by atoms with Crippen molar-refractivity contribution in [3.8, 4) is 11.1 Å². The minimum atomic E-state index is -0.0785. The topological polar surface area (TPSA) is 46.1 Å². The maximum atomic E-state index is 13.6. The molecule has 0 bridgehead atoms. The van der Waals surface area contributed by atoms with Crippen LogP contribution in [0, 0.1) is 6.92 Å². The third kappa shape index (κ3) is 4.03. The van der Waals surface area contributed by atoms with E-state index in [1.165, 1.54) is 11.3 Å². The van der Waals surface area contributed by atoms with Crippen LogP contribution in [0.5, 0.6) is 0 Å². The Balaban J connectivity index is 1.52. The molecule has 0 unspecified atom stereocenters. The molecule has 1 amide bonds. The molecule has 5 aromatic rings. The van der Waals surface area contributed by atoms with Gasteiger partial charge in [0, 0.05) is 18.0 Å². The van der Waals surface area contributed by atoms with Gasteiger partial charge in [0.05, 0.1) is 16.8 Å². The molecule has 0 aliphatic carbocycles. The van der Waals surface area contributed by atoms with Gasteiger partial charge in [-0.25, -0.2) is 4.98 Å². The number of amides is 1. The minimum absolute atomic E-state index is 0.0785. The van der Waals surface area contributed by atoms with Gasteiger partial charge in [0.1, 0.15) is 0 Å². The van der Waals surface area contributed by atoms with Gasteiger partial charge in [0.25, 0.3) is 5.91 Å². The van der Waals surface area contributed by atoms with Gasteiger partial charge in [-0.1, -0.05) is 72.0 Å². The average Bonchev–Trinajstić information content (AvgIpc) is 3.29. The number of carbonyl (C=O) groups is 1. The van der Waals surface area contributed by atoms with E-state index in [4.69, 9.17) is 4.98 Å². The fourth-order valence-corrected chi connectivity index (χ4v) is 4.72. The number of hydrogen-bond acceptors (Lipinski definition) is 4. The average molecular weight is 436 g/mol. The van der Waals surface area contributed by atoms with Crippen LogP contribution in [0.25, 0.3) is 21.3 Å². The molecule has 5 rings (SSSR count). The van der Waals surface area contributed by atoms with Gasteiger partial charge in [-0.15, -0.1) is 0 Å². The number of nitrogens with zero attached hydrogens (tertiary/aromatic N) is 3. The highest BCUT2D eigenvalue weighted by Crippen LogP contribution is 2.32. The molecule has 5 heteroatoms. The summed E-state index contributed by atoms with van der Waals surface area (Å²) in [6, 6.07) is 27.9. The number of aryl methyl sites for hydroxylation is 1. The summed E-state index contributed by atoms with van der Waals surface area (Å²) < 4.78 is 1.07. The number of rotatable bonds is 5. The Kier molecular flexibility index (Phi) is 5.48. The fourth-order valence-electron chi connectivity index (χ4n) is 3.68. The molecule has 0 radical (unpaired) electrons. The third-order valence-corrected chi connectivity index (χ3v) is 6.43. The smallest absolute Gasteiger partial charge is 0.260 e. The maximum absolute atomic E-state index is 13.6. The van der Waals surface area contributed by atoms with Gasteiger partial charge >= 0.3 is 0 Å². The molecule has 0 atom stereocenters. The Bertz CT molecular complexity index is 1360. The van der Waals surface area contributed by atoms with Crippen molar-refractivity contribution in [1.82, 2.24) is 9.97 Å². The fraction of sp³-hybridized carbons (Fsp3) is 0.0741. The number of para-hydroxylation sites is 1. The second-order valence-corrected chi connectivity index (χ2v) is 8.62. The molecule has 32 heavy (non-hydrogen) atoms. The highest BCUT2D eigenvalue weighted by Gasteiger charge is 2.22. The lowest BCUT2D eigenvalue weighted by Gasteiger charge is -2.20. The minimum Gasteiger partial charge on any atom is -0.279 e. The van der Waals surface area contributed by atoms with Gasteiger partial charge in [-0.05, 0) is 53.4 Å². The summed E-state index contributed by atoms with van der Waals surface area (Å²) in [6.45, 7) is 2.45. The van der Waals surface area contributed by atoms with Gasteiger partial charge in [0.15, 0.2) is 5.13 Å². The highest BCUT2D eigenvalue weighted by molar-refractivity contribution is 7.22. The molecule has 2 heterocycles. The van der Waals surface area contributed by atoms with Crippen LogP contribution in [0.3, 0.4) is 0 Å². The lowest BCUT2D eigenvalue weighted by atomic mass is 10.0. The first-order chi connectivity index (χ1) is 15.7. The van der Waals surface area contributed by atoms with Gasteiger partial charge in [-0.3, -0.25) is 14.7 Å². The zero-order chi connectivity index (χ0) is 21.9. The van der Waals surface area contributed by atoms with E-state index in [-0.39, 0.29) is 5.91 Å². The van der Waals surface area contributed by atoms with Gasteiger partial charge in [0.2, 0.25) is 0 Å². The first kappa shape index (κ1) is 20.1. The first-order valence-electron chi connectivity index (χ1n) is 10.4. The Morgan fingerprint density at radius 1 is 0.875 bits per heavy atom. The number of benzene rings is 3. The molecule has 0 fully saturated rings. The van der Waals surface area contributed by atoms with Crippen molar-refractivity contribution in [2.24, 2.45) is 0 Å². The molecule has 0 saturated carbocycles. The molecule has 0 aliphatic heterocycles. The zero-order valence-corrected chi connectivity index (χ0v) is 18.4. The molecule has 0 spiro atoms. The molecule has 0 N–H and O–H groups in total. The van der Waals surface area contributed by atoms with Crippen molar-refractivity contribution >= 4 is 32.6 Å². The molecule has 2 aromatic heterocycles. The van der Waals surface area contributed by atoms with Crippen molar-refractivity contribution in [3.05, 3.63) is 114 Å². The SMILES string of the molecule is Cc1cccc2sc(N(Cc3cccnc3)C(=O)c3ccc(-c4ccccc4)cc3)nc12. The third-order valence-electron chi connectivity index (χ3n) is 5.39. The number of carbonyl (C=O) groups excluding carboxylic acids is 1. The Morgan fingerprint density at radius 2 is 1.66 bits per heavy atom. The van der Waals surface area contributed by atoms with E-state index < -0.39 is 0 Å². The predicted molar refractivity (Wildman–Crippen MR) is 131 cm³/mol. The van der Waals surface area contributed by atoms with Crippen molar-refractivity contribution in [2.45, 2.75) is 13.5 Å². The molecule has 0 saturated heterocycles. The first-order valence-corrected chi connectivity index (χ1v) is 11.2. The standard InChI is InChI=1S/C27H21N3OS/c1-19-7-5-11-24-25(19)29-27(32-24)30(18-20-8-6-16-28-17-20)26(31)23-14-12-22(13-15-23)21-9-3-2-4-10-21/h2-17H,18H2,1H3. The monoisotopic (exact) mass is 435 g/mol. The summed E-state index contributed by atoms with van der Waals surface area (Å²) in [7, 11) is 0. The number of thiazole rings is 1. The summed E-state index contributed by atoms with van der Waals surface area (Å²) in [6.07, 6.45) is 3.52. The summed E-state index contributed by atoms with van der Waals surface area (Å²) in [5, 5.41) is 0.690. The number of pyridine rings is 1. The zero-order valence-electron chi connectivity index (χ0n) is 17.6. The van der Waals surface area contributed by atoms with Crippen LogP contribution in [0.15, 0.2) is 97.3 Å². The summed E-state index contributed by atoms with van der Waals surface area (Å²) in [5.41, 5.74) is 5.83. The van der Waals surface area contributed by atoms with Gasteiger partial charge in [-0.2, -0.15) is 0 Å². The van der Waals surface area contributed by atoms with E-state index in [0.717, 1.165) is 32.5 Å². The molecule has 3 aromatic carbocycles. The van der Waals surface area contributed by atoms with E-state index >= 15 is 0 Å². The van der Waals surface area contributed by atoms with Crippen LogP contribution in [0.2, 0.25) is 0 Å². The van der Waals surface area contributed by atoms with Crippen molar-refractivity contribution in [3.63, 3.8) is 0 Å². The molecule has 156 valence electrons. The Labute approximate surface area is 190 Å². The van der Waals surface area contributed by atoms with E-state index in [1.807, 2.05) is 79.7 Å². The second-order valence-electron chi connectivity index (χ2n) is 7.61. The molecular weight excluding hydrogens is 414 g/mol. The van der Waals surface area contributed by atoms with E-state index in [9.17, 15) is 4.79 Å². The largest absolute Gasteiger partial charge is 0.279 e. The predicted octanol–water partition coefficient (Wildman–Crippen LogP) is 6.51.